The van der Waals surface area contributed by atoms with E-state index in [0.29, 0.717) is 11.0 Å². The van der Waals surface area contributed by atoms with Crippen LogP contribution in [0.4, 0.5) is 10.8 Å². The molecule has 6 nitrogen and oxygen atoms in total. The van der Waals surface area contributed by atoms with Gasteiger partial charge < -0.3 is 0 Å². The Labute approximate surface area is 179 Å². The molecule has 30 heavy (non-hydrogen) atoms. The number of rotatable bonds is 6. The van der Waals surface area contributed by atoms with E-state index in [2.05, 4.69) is 39.8 Å². The zero-order valence-electron chi connectivity index (χ0n) is 16.9. The molecule has 1 fully saturated rings. The first-order valence-electron chi connectivity index (χ1n) is 10.2. The van der Waals surface area contributed by atoms with Crippen LogP contribution in [0.1, 0.15) is 56.1 Å². The van der Waals surface area contributed by atoms with E-state index in [1.807, 2.05) is 12.3 Å². The van der Waals surface area contributed by atoms with Gasteiger partial charge in [0.1, 0.15) is 0 Å². The molecule has 0 radical (unpaired) electrons. The van der Waals surface area contributed by atoms with Crippen molar-refractivity contribution in [1.82, 2.24) is 4.98 Å². The molecule has 7 heteroatoms. The first kappa shape index (κ1) is 20.2. The van der Waals surface area contributed by atoms with Crippen LogP contribution < -0.4 is 5.43 Å². The zero-order chi connectivity index (χ0) is 20.9. The van der Waals surface area contributed by atoms with Crippen molar-refractivity contribution in [2.75, 3.05) is 5.43 Å². The Hall–Kier alpha value is -3.06. The maximum absolute atomic E-state index is 10.8. The molecule has 4 rings (SSSR count). The summed E-state index contributed by atoms with van der Waals surface area (Å²) < 4.78 is 0. The van der Waals surface area contributed by atoms with Crippen molar-refractivity contribution >= 4 is 27.9 Å². The number of aromatic nitrogens is 1. The number of thiazole rings is 1. The summed E-state index contributed by atoms with van der Waals surface area (Å²) in [7, 11) is 0. The minimum atomic E-state index is -0.406. The fourth-order valence-electron chi connectivity index (χ4n) is 3.84. The van der Waals surface area contributed by atoms with E-state index in [1.165, 1.54) is 61.1 Å². The first-order chi connectivity index (χ1) is 14.6. The van der Waals surface area contributed by atoms with E-state index in [4.69, 9.17) is 0 Å². The van der Waals surface area contributed by atoms with E-state index in [9.17, 15) is 10.1 Å². The highest BCUT2D eigenvalue weighted by Crippen LogP contribution is 2.32. The van der Waals surface area contributed by atoms with Gasteiger partial charge >= 0.3 is 0 Å². The molecule has 1 aliphatic carbocycles. The highest BCUT2D eigenvalue weighted by atomic mass is 32.1. The Kier molecular flexibility index (Phi) is 6.18. The maximum Gasteiger partial charge on any atom is 0.269 e. The summed E-state index contributed by atoms with van der Waals surface area (Å²) in [5, 5.41) is 17.9. The summed E-state index contributed by atoms with van der Waals surface area (Å²) in [4.78, 5) is 14.9. The lowest BCUT2D eigenvalue weighted by Crippen LogP contribution is -2.05. The number of anilines is 1. The quantitative estimate of drug-likeness (QED) is 0.277. The molecule has 0 saturated heterocycles. The van der Waals surface area contributed by atoms with Gasteiger partial charge in [0.05, 0.1) is 16.3 Å². The highest BCUT2D eigenvalue weighted by molar-refractivity contribution is 7.14. The number of nitrogens with zero attached hydrogens (tertiary/aromatic N) is 3. The number of hydrogen-bond donors (Lipinski definition) is 1. The van der Waals surface area contributed by atoms with Crippen molar-refractivity contribution < 1.29 is 4.92 Å². The van der Waals surface area contributed by atoms with Gasteiger partial charge in [0, 0.05) is 23.1 Å². The summed E-state index contributed by atoms with van der Waals surface area (Å²) in [5.74, 6) is 0.705. The lowest BCUT2D eigenvalue weighted by atomic mass is 9.84. The van der Waals surface area contributed by atoms with Gasteiger partial charge in [0.15, 0.2) is 0 Å². The maximum atomic E-state index is 10.8. The van der Waals surface area contributed by atoms with Gasteiger partial charge in [-0.3, -0.25) is 15.5 Å². The number of nitro benzene ring substituents is 1. The summed E-state index contributed by atoms with van der Waals surface area (Å²) >= 11 is 1.45. The standard InChI is InChI=1S/C23H24N4O2S/c1-16(17-7-9-19(10-8-17)18-5-3-2-4-6-18)25-26-23-24-22(15-30-23)20-11-13-21(14-12-20)27(28)29/h7-15,18H,2-6H2,1H3,(H,24,26)/b25-16+. The van der Waals surface area contributed by atoms with Crippen LogP contribution in [0, 0.1) is 10.1 Å². The molecule has 0 unspecified atom stereocenters. The molecule has 0 bridgehead atoms. The van der Waals surface area contributed by atoms with Crippen LogP contribution in [0.3, 0.4) is 0 Å². The average molecular weight is 421 g/mol. The van der Waals surface area contributed by atoms with E-state index in [-0.39, 0.29) is 5.69 Å². The molecular formula is C23H24N4O2S. The number of nitrogens with one attached hydrogen (secondary N) is 1. The molecular weight excluding hydrogens is 396 g/mol. The van der Waals surface area contributed by atoms with Crippen LogP contribution in [0.15, 0.2) is 59.0 Å². The van der Waals surface area contributed by atoms with Crippen molar-refractivity contribution in [2.24, 2.45) is 5.10 Å². The molecule has 3 aromatic rings. The van der Waals surface area contributed by atoms with Crippen molar-refractivity contribution in [1.29, 1.82) is 0 Å². The van der Waals surface area contributed by atoms with E-state index in [0.717, 1.165) is 22.5 Å². The number of nitro groups is 1. The Morgan fingerprint density at radius 1 is 1.10 bits per heavy atom. The largest absolute Gasteiger partial charge is 0.269 e. The topological polar surface area (TPSA) is 80.4 Å². The van der Waals surface area contributed by atoms with Gasteiger partial charge in [-0.2, -0.15) is 5.10 Å². The third-order valence-corrected chi connectivity index (χ3v) is 6.35. The van der Waals surface area contributed by atoms with Crippen molar-refractivity contribution in [3.05, 3.63) is 75.2 Å². The molecule has 0 atom stereocenters. The summed E-state index contributed by atoms with van der Waals surface area (Å²) in [6.45, 7) is 1.98. The summed E-state index contributed by atoms with van der Waals surface area (Å²) in [6.07, 6.45) is 6.65. The van der Waals surface area contributed by atoms with Crippen LogP contribution in [-0.4, -0.2) is 15.6 Å². The molecule has 1 N–H and O–H groups in total. The molecule has 0 spiro atoms. The van der Waals surface area contributed by atoms with Crippen LogP contribution in [0.5, 0.6) is 0 Å². The molecule has 0 aliphatic heterocycles. The molecule has 0 amide bonds. The van der Waals surface area contributed by atoms with Gasteiger partial charge in [-0.15, -0.1) is 11.3 Å². The highest BCUT2D eigenvalue weighted by Gasteiger charge is 2.15. The van der Waals surface area contributed by atoms with Crippen LogP contribution in [0.25, 0.3) is 11.3 Å². The number of hydrogen-bond acceptors (Lipinski definition) is 6. The third kappa shape index (κ3) is 4.74. The lowest BCUT2D eigenvalue weighted by molar-refractivity contribution is -0.384. The van der Waals surface area contributed by atoms with E-state index < -0.39 is 4.92 Å². The van der Waals surface area contributed by atoms with Crippen molar-refractivity contribution in [3.63, 3.8) is 0 Å². The van der Waals surface area contributed by atoms with Crippen molar-refractivity contribution in [3.8, 4) is 11.3 Å². The average Bonchev–Trinajstić information content (AvgIpc) is 3.27. The fraction of sp³-hybridized carbons (Fsp3) is 0.304. The number of hydrazone groups is 1. The molecule has 154 valence electrons. The lowest BCUT2D eigenvalue weighted by Gasteiger charge is -2.22. The van der Waals surface area contributed by atoms with Crippen LogP contribution >= 0.6 is 11.3 Å². The van der Waals surface area contributed by atoms with Gasteiger partial charge in [0.2, 0.25) is 5.13 Å². The minimum absolute atomic E-state index is 0.0714. The number of non-ortho nitro benzene ring substituents is 1. The summed E-state index contributed by atoms with van der Waals surface area (Å²) in [6, 6.07) is 15.2. The molecule has 1 heterocycles. The Morgan fingerprint density at radius 3 is 2.47 bits per heavy atom. The summed E-state index contributed by atoms with van der Waals surface area (Å²) in [5.41, 5.74) is 8.13. The monoisotopic (exact) mass is 420 g/mol. The zero-order valence-corrected chi connectivity index (χ0v) is 17.7. The van der Waals surface area contributed by atoms with Crippen LogP contribution in [0.2, 0.25) is 0 Å². The fourth-order valence-corrected chi connectivity index (χ4v) is 4.50. The molecule has 2 aromatic carbocycles. The predicted octanol–water partition coefficient (Wildman–Crippen LogP) is 6.60. The third-order valence-electron chi connectivity index (χ3n) is 5.60. The van der Waals surface area contributed by atoms with E-state index >= 15 is 0 Å². The predicted molar refractivity (Wildman–Crippen MR) is 122 cm³/mol. The Balaban J connectivity index is 1.40. The first-order valence-corrected chi connectivity index (χ1v) is 11.1. The van der Waals surface area contributed by atoms with Gasteiger partial charge in [-0.25, -0.2) is 4.98 Å². The molecule has 1 aromatic heterocycles. The van der Waals surface area contributed by atoms with Crippen LogP contribution in [-0.2, 0) is 0 Å². The second-order valence-corrected chi connectivity index (χ2v) is 8.47. The van der Waals surface area contributed by atoms with Gasteiger partial charge in [0.25, 0.3) is 5.69 Å². The normalized spacial score (nSPS) is 15.2. The Morgan fingerprint density at radius 2 is 1.80 bits per heavy atom. The Bertz CT molecular complexity index is 1040. The van der Waals surface area contributed by atoms with Gasteiger partial charge in [-0.1, -0.05) is 43.5 Å². The van der Waals surface area contributed by atoms with Crippen molar-refractivity contribution in [2.45, 2.75) is 44.9 Å². The SMILES string of the molecule is C/C(=N\Nc1nc(-c2ccc([N+](=O)[O-])cc2)cs1)c1ccc(C2CCCCC2)cc1. The smallest absolute Gasteiger partial charge is 0.258 e. The number of benzene rings is 2. The van der Waals surface area contributed by atoms with Gasteiger partial charge in [-0.05, 0) is 48.9 Å². The van der Waals surface area contributed by atoms with E-state index in [1.54, 1.807) is 12.1 Å². The molecule has 1 saturated carbocycles. The molecule has 1 aliphatic rings. The second-order valence-electron chi connectivity index (χ2n) is 7.61. The second kappa shape index (κ2) is 9.17. The minimum Gasteiger partial charge on any atom is -0.258 e.